The van der Waals surface area contributed by atoms with Gasteiger partial charge in [-0.15, -0.1) is 0 Å². The lowest BCUT2D eigenvalue weighted by molar-refractivity contribution is 0.0934. The van der Waals surface area contributed by atoms with Crippen LogP contribution in [0.3, 0.4) is 0 Å². The van der Waals surface area contributed by atoms with Crippen LogP contribution in [0.15, 0.2) is 18.3 Å². The first kappa shape index (κ1) is 17.7. The Balaban J connectivity index is 2.19. The molecule has 7 heteroatoms. The van der Waals surface area contributed by atoms with E-state index in [9.17, 15) is 13.2 Å². The van der Waals surface area contributed by atoms with Gasteiger partial charge in [-0.2, -0.15) is 0 Å². The van der Waals surface area contributed by atoms with Crippen LogP contribution in [0.25, 0.3) is 0 Å². The summed E-state index contributed by atoms with van der Waals surface area (Å²) < 4.78 is 23.4. The SMILES string of the molecule is CCC(C)NC(=O)c1cc(N(CC)C2CCS(=O)(=O)C2)ccn1. The minimum Gasteiger partial charge on any atom is -0.368 e. The summed E-state index contributed by atoms with van der Waals surface area (Å²) in [5, 5.41) is 2.90. The fraction of sp³-hybridized carbons (Fsp3) is 0.625. The van der Waals surface area contributed by atoms with E-state index in [0.29, 0.717) is 18.7 Å². The van der Waals surface area contributed by atoms with E-state index in [4.69, 9.17) is 0 Å². The molecule has 1 aliphatic heterocycles. The maximum Gasteiger partial charge on any atom is 0.270 e. The maximum atomic E-state index is 12.2. The fourth-order valence-electron chi connectivity index (χ4n) is 2.79. The molecule has 1 aromatic rings. The van der Waals surface area contributed by atoms with Gasteiger partial charge in [-0.1, -0.05) is 6.92 Å². The monoisotopic (exact) mass is 339 g/mol. The Morgan fingerprint density at radius 1 is 1.48 bits per heavy atom. The summed E-state index contributed by atoms with van der Waals surface area (Å²) in [6, 6.07) is 3.63. The number of hydrogen-bond acceptors (Lipinski definition) is 5. The lowest BCUT2D eigenvalue weighted by Gasteiger charge is -2.29. The van der Waals surface area contributed by atoms with Crippen molar-refractivity contribution in [3.05, 3.63) is 24.0 Å². The molecule has 1 N–H and O–H groups in total. The molecule has 6 nitrogen and oxygen atoms in total. The van der Waals surface area contributed by atoms with Crippen LogP contribution in [0, 0.1) is 0 Å². The molecule has 0 bridgehead atoms. The van der Waals surface area contributed by atoms with E-state index in [2.05, 4.69) is 10.3 Å². The summed E-state index contributed by atoms with van der Waals surface area (Å²) in [5.41, 5.74) is 1.21. The van der Waals surface area contributed by atoms with Crippen LogP contribution in [0.5, 0.6) is 0 Å². The molecule has 1 aromatic heterocycles. The molecule has 1 amide bonds. The van der Waals surface area contributed by atoms with Crippen LogP contribution >= 0.6 is 0 Å². The van der Waals surface area contributed by atoms with E-state index >= 15 is 0 Å². The van der Waals surface area contributed by atoms with Gasteiger partial charge in [0.2, 0.25) is 0 Å². The van der Waals surface area contributed by atoms with E-state index in [0.717, 1.165) is 12.1 Å². The van der Waals surface area contributed by atoms with Crippen molar-refractivity contribution in [2.75, 3.05) is 23.0 Å². The van der Waals surface area contributed by atoms with Crippen molar-refractivity contribution in [1.29, 1.82) is 0 Å². The second-order valence-corrected chi connectivity index (χ2v) is 8.25. The Kier molecular flexibility index (Phi) is 5.62. The molecular formula is C16H25N3O3S. The molecule has 1 saturated heterocycles. The first-order chi connectivity index (χ1) is 10.9. The summed E-state index contributed by atoms with van der Waals surface area (Å²) >= 11 is 0. The number of anilines is 1. The number of nitrogens with zero attached hydrogens (tertiary/aromatic N) is 2. The van der Waals surface area contributed by atoms with Gasteiger partial charge in [-0.05, 0) is 38.8 Å². The Hall–Kier alpha value is -1.63. The van der Waals surface area contributed by atoms with Gasteiger partial charge in [0.05, 0.1) is 11.5 Å². The van der Waals surface area contributed by atoms with Crippen molar-refractivity contribution in [2.45, 2.75) is 45.7 Å². The standard InChI is InChI=1S/C16H25N3O3S/c1-4-12(3)18-16(20)15-10-13(6-8-17-15)19(5-2)14-7-9-23(21,22)11-14/h6,8,10,12,14H,4-5,7,9,11H2,1-3H3,(H,18,20). The zero-order valence-corrected chi connectivity index (χ0v) is 14.8. The number of carbonyl (C=O) groups is 1. The minimum atomic E-state index is -2.94. The highest BCUT2D eigenvalue weighted by molar-refractivity contribution is 7.91. The fourth-order valence-corrected chi connectivity index (χ4v) is 4.53. The molecule has 23 heavy (non-hydrogen) atoms. The minimum absolute atomic E-state index is 0.0297. The molecule has 2 atom stereocenters. The zero-order valence-electron chi connectivity index (χ0n) is 13.9. The predicted octanol–water partition coefficient (Wildman–Crippen LogP) is 1.62. The molecule has 1 fully saturated rings. The van der Waals surface area contributed by atoms with Crippen molar-refractivity contribution in [1.82, 2.24) is 10.3 Å². The first-order valence-corrected chi connectivity index (χ1v) is 9.92. The van der Waals surface area contributed by atoms with E-state index in [1.165, 1.54) is 0 Å². The molecule has 2 heterocycles. The van der Waals surface area contributed by atoms with E-state index < -0.39 is 9.84 Å². The molecule has 0 spiro atoms. The molecule has 0 saturated carbocycles. The van der Waals surface area contributed by atoms with Crippen molar-refractivity contribution in [3.63, 3.8) is 0 Å². The number of nitrogens with one attached hydrogen (secondary N) is 1. The third-order valence-electron chi connectivity index (χ3n) is 4.29. The van der Waals surface area contributed by atoms with Crippen LogP contribution in [-0.4, -0.2) is 49.4 Å². The van der Waals surface area contributed by atoms with Gasteiger partial charge in [-0.3, -0.25) is 9.78 Å². The van der Waals surface area contributed by atoms with Gasteiger partial charge in [0.25, 0.3) is 5.91 Å². The number of carbonyl (C=O) groups excluding carboxylic acids is 1. The van der Waals surface area contributed by atoms with Gasteiger partial charge < -0.3 is 10.2 Å². The largest absolute Gasteiger partial charge is 0.368 e. The topological polar surface area (TPSA) is 79.4 Å². The van der Waals surface area contributed by atoms with Gasteiger partial charge in [0.1, 0.15) is 5.69 Å². The number of hydrogen-bond donors (Lipinski definition) is 1. The lowest BCUT2D eigenvalue weighted by atomic mass is 10.2. The van der Waals surface area contributed by atoms with Crippen LogP contribution in [0.2, 0.25) is 0 Å². The Morgan fingerprint density at radius 3 is 2.78 bits per heavy atom. The highest BCUT2D eigenvalue weighted by Crippen LogP contribution is 2.24. The highest BCUT2D eigenvalue weighted by atomic mass is 32.2. The van der Waals surface area contributed by atoms with Crippen molar-refractivity contribution in [3.8, 4) is 0 Å². The predicted molar refractivity (Wildman–Crippen MR) is 91.5 cm³/mol. The quantitative estimate of drug-likeness (QED) is 0.852. The zero-order chi connectivity index (χ0) is 17.0. The molecule has 0 radical (unpaired) electrons. The average molecular weight is 339 g/mol. The van der Waals surface area contributed by atoms with E-state index in [1.54, 1.807) is 12.3 Å². The normalized spacial score (nSPS) is 20.9. The van der Waals surface area contributed by atoms with E-state index in [-0.39, 0.29) is 29.5 Å². The Bertz CT molecular complexity index is 660. The molecular weight excluding hydrogens is 314 g/mol. The van der Waals surface area contributed by atoms with Gasteiger partial charge in [0, 0.05) is 30.5 Å². The number of sulfone groups is 1. The second-order valence-electron chi connectivity index (χ2n) is 6.02. The first-order valence-electron chi connectivity index (χ1n) is 8.10. The van der Waals surface area contributed by atoms with Gasteiger partial charge in [-0.25, -0.2) is 8.42 Å². The lowest BCUT2D eigenvalue weighted by Crippen LogP contribution is -2.37. The van der Waals surface area contributed by atoms with Crippen LogP contribution in [-0.2, 0) is 9.84 Å². The molecule has 0 aliphatic carbocycles. The average Bonchev–Trinajstić information content (AvgIpc) is 2.88. The summed E-state index contributed by atoms with van der Waals surface area (Å²) in [6.07, 6.45) is 3.09. The van der Waals surface area contributed by atoms with Gasteiger partial charge in [0.15, 0.2) is 9.84 Å². The number of amides is 1. The van der Waals surface area contributed by atoms with Crippen molar-refractivity contribution >= 4 is 21.4 Å². The Labute approximate surface area is 138 Å². The summed E-state index contributed by atoms with van der Waals surface area (Å²) in [5.74, 6) is 0.217. The maximum absolute atomic E-state index is 12.2. The van der Waals surface area contributed by atoms with Crippen molar-refractivity contribution in [2.24, 2.45) is 0 Å². The van der Waals surface area contributed by atoms with Gasteiger partial charge >= 0.3 is 0 Å². The molecule has 128 valence electrons. The molecule has 0 aromatic carbocycles. The van der Waals surface area contributed by atoms with E-state index in [1.807, 2.05) is 31.7 Å². The third kappa shape index (κ3) is 4.43. The molecule has 1 aliphatic rings. The number of pyridine rings is 1. The Morgan fingerprint density at radius 2 is 2.22 bits per heavy atom. The third-order valence-corrected chi connectivity index (χ3v) is 6.04. The number of aromatic nitrogens is 1. The second kappa shape index (κ2) is 7.29. The highest BCUT2D eigenvalue weighted by Gasteiger charge is 2.32. The molecule has 2 rings (SSSR count). The summed E-state index contributed by atoms with van der Waals surface area (Å²) in [7, 11) is -2.94. The van der Waals surface area contributed by atoms with Crippen molar-refractivity contribution < 1.29 is 13.2 Å². The van der Waals surface area contributed by atoms with Crippen LogP contribution < -0.4 is 10.2 Å². The number of rotatable bonds is 6. The summed E-state index contributed by atoms with van der Waals surface area (Å²) in [6.45, 7) is 6.64. The smallest absolute Gasteiger partial charge is 0.270 e. The summed E-state index contributed by atoms with van der Waals surface area (Å²) in [4.78, 5) is 18.4. The van der Waals surface area contributed by atoms with Crippen LogP contribution in [0.4, 0.5) is 5.69 Å². The van der Waals surface area contributed by atoms with Crippen LogP contribution in [0.1, 0.15) is 44.1 Å². The molecule has 2 unspecified atom stereocenters.